The van der Waals surface area contributed by atoms with Crippen molar-refractivity contribution in [2.75, 3.05) is 7.11 Å². The van der Waals surface area contributed by atoms with E-state index in [-0.39, 0.29) is 17.8 Å². The summed E-state index contributed by atoms with van der Waals surface area (Å²) in [5, 5.41) is 0.749. The summed E-state index contributed by atoms with van der Waals surface area (Å²) in [5.41, 5.74) is 1.40. The molecule has 0 unspecified atom stereocenters. The minimum absolute atomic E-state index is 0.0599. The number of nitrogens with zero attached hydrogens (tertiary/aromatic N) is 1. The summed E-state index contributed by atoms with van der Waals surface area (Å²) in [6, 6.07) is 5.40. The maximum Gasteiger partial charge on any atom is 0.439 e. The van der Waals surface area contributed by atoms with Gasteiger partial charge in [-0.25, -0.2) is 4.79 Å². The minimum Gasteiger partial charge on any atom is -0.469 e. The highest BCUT2D eigenvalue weighted by atomic mass is 16.5. The Bertz CT molecular complexity index is 710. The predicted molar refractivity (Wildman–Crippen MR) is 74.7 cm³/mol. The number of rotatable bonds is 2. The van der Waals surface area contributed by atoms with Gasteiger partial charge in [0, 0.05) is 16.4 Å². The molecular weight excluding hydrogens is 258 g/mol. The van der Waals surface area contributed by atoms with Crippen LogP contribution in [0.25, 0.3) is 11.0 Å². The van der Waals surface area contributed by atoms with Crippen LogP contribution in [0.3, 0.4) is 0 Å². The van der Waals surface area contributed by atoms with E-state index in [1.165, 1.54) is 7.11 Å². The van der Waals surface area contributed by atoms with Crippen molar-refractivity contribution in [3.63, 3.8) is 0 Å². The normalized spacial score (nSPS) is 11.6. The van der Waals surface area contributed by atoms with Crippen LogP contribution < -0.4 is 5.76 Å². The number of methoxy groups -OCH3 is 1. The monoisotopic (exact) mass is 275 g/mol. The van der Waals surface area contributed by atoms with Gasteiger partial charge in [0.25, 0.3) is 0 Å². The van der Waals surface area contributed by atoms with Gasteiger partial charge in [0.05, 0.1) is 19.2 Å². The molecule has 5 heteroatoms. The Morgan fingerprint density at radius 3 is 2.65 bits per heavy atom. The summed E-state index contributed by atoms with van der Waals surface area (Å²) in [5.74, 6) is -1.03. The molecule has 1 aromatic heterocycles. The van der Waals surface area contributed by atoms with Crippen LogP contribution in [0.4, 0.5) is 0 Å². The summed E-state index contributed by atoms with van der Waals surface area (Å²) in [7, 11) is 1.33. The van der Waals surface area contributed by atoms with E-state index in [2.05, 4.69) is 9.72 Å². The van der Waals surface area contributed by atoms with Crippen LogP contribution in [-0.4, -0.2) is 18.1 Å². The van der Waals surface area contributed by atoms with Crippen molar-refractivity contribution in [2.45, 2.75) is 32.6 Å². The first-order chi connectivity index (χ1) is 9.32. The Kier molecular flexibility index (Phi) is 3.61. The number of para-hydroxylation sites is 1. The fraction of sp³-hybridized carbons (Fsp3) is 0.400. The lowest BCUT2D eigenvalue weighted by atomic mass is 9.89. The molecule has 0 aliphatic rings. The first-order valence-electron chi connectivity index (χ1n) is 6.33. The molecule has 1 heterocycles. The Morgan fingerprint density at radius 1 is 1.35 bits per heavy atom. The molecule has 1 aromatic carbocycles. The van der Waals surface area contributed by atoms with Crippen LogP contribution in [0.15, 0.2) is 27.4 Å². The zero-order valence-electron chi connectivity index (χ0n) is 12.0. The van der Waals surface area contributed by atoms with Gasteiger partial charge in [0.15, 0.2) is 0 Å². The maximum absolute atomic E-state index is 11.7. The van der Waals surface area contributed by atoms with Gasteiger partial charge in [0.2, 0.25) is 0 Å². The van der Waals surface area contributed by atoms with Gasteiger partial charge in [-0.1, -0.05) is 32.9 Å². The lowest BCUT2D eigenvalue weighted by molar-refractivity contribution is -0.139. The molecule has 2 rings (SSSR count). The van der Waals surface area contributed by atoms with Crippen LogP contribution in [0.2, 0.25) is 0 Å². The molecule has 0 radical (unpaired) electrons. The molecule has 0 aliphatic carbocycles. The van der Waals surface area contributed by atoms with Gasteiger partial charge >= 0.3 is 11.7 Å². The molecule has 5 nitrogen and oxygen atoms in total. The SMILES string of the molecule is COC(=O)Cc1cccc2c(C(C)(C)C)nc(=O)oc12. The molecule has 0 aliphatic heterocycles. The van der Waals surface area contributed by atoms with Gasteiger partial charge in [-0.15, -0.1) is 0 Å². The average molecular weight is 275 g/mol. The number of ether oxygens (including phenoxy) is 1. The number of hydrogen-bond donors (Lipinski definition) is 0. The van der Waals surface area contributed by atoms with Crippen molar-refractivity contribution >= 4 is 16.9 Å². The highest BCUT2D eigenvalue weighted by Gasteiger charge is 2.22. The van der Waals surface area contributed by atoms with Gasteiger partial charge in [-0.3, -0.25) is 4.79 Å². The number of benzene rings is 1. The summed E-state index contributed by atoms with van der Waals surface area (Å²) in [6.45, 7) is 5.92. The topological polar surface area (TPSA) is 69.4 Å². The van der Waals surface area contributed by atoms with Crippen LogP contribution in [-0.2, 0) is 21.4 Å². The zero-order chi connectivity index (χ0) is 14.9. The minimum atomic E-state index is -0.653. The molecule has 2 aromatic rings. The lowest BCUT2D eigenvalue weighted by Crippen LogP contribution is -2.20. The summed E-state index contributed by atoms with van der Waals surface area (Å²) in [4.78, 5) is 27.1. The molecule has 106 valence electrons. The lowest BCUT2D eigenvalue weighted by Gasteiger charge is -2.19. The van der Waals surface area contributed by atoms with Crippen molar-refractivity contribution < 1.29 is 13.9 Å². The van der Waals surface area contributed by atoms with Crippen molar-refractivity contribution in [1.82, 2.24) is 4.98 Å². The highest BCUT2D eigenvalue weighted by Crippen LogP contribution is 2.28. The molecule has 0 amide bonds. The molecular formula is C15H17NO4. The maximum atomic E-state index is 11.7. The largest absolute Gasteiger partial charge is 0.469 e. The molecule has 0 atom stereocenters. The van der Waals surface area contributed by atoms with Crippen molar-refractivity contribution in [3.8, 4) is 0 Å². The van der Waals surface area contributed by atoms with Gasteiger partial charge in [-0.05, 0) is 6.07 Å². The quantitative estimate of drug-likeness (QED) is 0.786. The zero-order valence-corrected chi connectivity index (χ0v) is 12.0. The van der Waals surface area contributed by atoms with Crippen molar-refractivity contribution in [3.05, 3.63) is 40.0 Å². The number of hydrogen-bond acceptors (Lipinski definition) is 5. The first kappa shape index (κ1) is 14.2. The molecule has 0 bridgehead atoms. The smallest absolute Gasteiger partial charge is 0.439 e. The van der Waals surface area contributed by atoms with Gasteiger partial charge in [0.1, 0.15) is 5.58 Å². The number of carbonyl (C=O) groups excluding carboxylic acids is 1. The van der Waals surface area contributed by atoms with Crippen LogP contribution in [0.5, 0.6) is 0 Å². The summed E-state index contributed by atoms with van der Waals surface area (Å²) in [6.07, 6.45) is 0.0599. The number of aromatic nitrogens is 1. The van der Waals surface area contributed by atoms with E-state index in [4.69, 9.17) is 4.42 Å². The van der Waals surface area contributed by atoms with E-state index in [1.807, 2.05) is 32.9 Å². The van der Waals surface area contributed by atoms with Gasteiger partial charge < -0.3 is 9.15 Å². The molecule has 0 saturated heterocycles. The summed E-state index contributed by atoms with van der Waals surface area (Å²) >= 11 is 0. The fourth-order valence-electron chi connectivity index (χ4n) is 2.09. The summed E-state index contributed by atoms with van der Waals surface area (Å²) < 4.78 is 9.86. The number of carbonyl (C=O) groups is 1. The van der Waals surface area contributed by atoms with Crippen LogP contribution in [0.1, 0.15) is 32.0 Å². The van der Waals surface area contributed by atoms with Crippen molar-refractivity contribution in [2.24, 2.45) is 0 Å². The Balaban J connectivity index is 2.73. The van der Waals surface area contributed by atoms with Gasteiger partial charge in [-0.2, -0.15) is 4.98 Å². The van der Waals surface area contributed by atoms with E-state index < -0.39 is 5.76 Å². The highest BCUT2D eigenvalue weighted by molar-refractivity contribution is 5.86. The third-order valence-corrected chi connectivity index (χ3v) is 3.02. The van der Waals surface area contributed by atoms with E-state index in [1.54, 1.807) is 6.07 Å². The Morgan fingerprint density at radius 2 is 2.05 bits per heavy atom. The van der Waals surface area contributed by atoms with E-state index in [0.717, 1.165) is 5.39 Å². The van der Waals surface area contributed by atoms with Crippen LogP contribution >= 0.6 is 0 Å². The second-order valence-electron chi connectivity index (χ2n) is 5.63. The standard InChI is InChI=1S/C15H17NO4/c1-15(2,3)13-10-7-5-6-9(8-11(17)19-4)12(10)20-14(18)16-13/h5-7H,8H2,1-4H3. The second-order valence-corrected chi connectivity index (χ2v) is 5.63. The average Bonchev–Trinajstić information content (AvgIpc) is 2.37. The number of fused-ring (bicyclic) bond motifs is 1. The Labute approximate surface area is 116 Å². The third kappa shape index (κ3) is 2.71. The van der Waals surface area contributed by atoms with Crippen LogP contribution in [0, 0.1) is 0 Å². The predicted octanol–water partition coefficient (Wildman–Crippen LogP) is 2.20. The molecule has 0 fully saturated rings. The first-order valence-corrected chi connectivity index (χ1v) is 6.33. The fourth-order valence-corrected chi connectivity index (χ4v) is 2.09. The molecule has 0 saturated carbocycles. The molecule has 0 N–H and O–H groups in total. The number of esters is 1. The Hall–Kier alpha value is -2.17. The van der Waals surface area contributed by atoms with E-state index >= 15 is 0 Å². The molecule has 0 spiro atoms. The second kappa shape index (κ2) is 5.07. The molecule has 20 heavy (non-hydrogen) atoms. The third-order valence-electron chi connectivity index (χ3n) is 3.02. The van der Waals surface area contributed by atoms with E-state index in [0.29, 0.717) is 16.8 Å². The van der Waals surface area contributed by atoms with E-state index in [9.17, 15) is 9.59 Å². The van der Waals surface area contributed by atoms with Crippen molar-refractivity contribution in [1.29, 1.82) is 0 Å².